The molecule has 10 heteroatoms. The van der Waals surface area contributed by atoms with E-state index in [4.69, 9.17) is 52.2 Å². The van der Waals surface area contributed by atoms with Crippen LogP contribution in [0, 0.1) is 5.92 Å². The summed E-state index contributed by atoms with van der Waals surface area (Å²) in [5, 5.41) is 1.23. The summed E-state index contributed by atoms with van der Waals surface area (Å²) in [6, 6.07) is 20.1. The van der Waals surface area contributed by atoms with Gasteiger partial charge < -0.3 is 14.0 Å². The van der Waals surface area contributed by atoms with E-state index in [-0.39, 0.29) is 11.6 Å². The number of nitrogens with zero attached hydrogens (tertiary/aromatic N) is 4. The molecule has 212 valence electrons. The number of fused-ring (bicyclic) bond motifs is 2. The number of hydrogen-bond acceptors (Lipinski definition) is 7. The molecule has 2 saturated heterocycles. The SMILES string of the molecule is Clc1ccc(COc2cccc([C@@]34CCN(Cc5nc6ccccc6n5C[C@@H]5CCO5)C[C@@H]3C4)n2)c(Cl)c1.O=C=O. The number of rotatable bonds is 8. The molecule has 0 unspecified atom stereocenters. The van der Waals surface area contributed by atoms with Gasteiger partial charge in [0.05, 0.1) is 35.9 Å². The molecule has 0 bridgehead atoms. The summed E-state index contributed by atoms with van der Waals surface area (Å²) in [5.74, 6) is 2.39. The van der Waals surface area contributed by atoms with Crippen LogP contribution >= 0.6 is 23.2 Å². The van der Waals surface area contributed by atoms with Gasteiger partial charge in [0.2, 0.25) is 5.88 Å². The lowest BCUT2D eigenvalue weighted by atomic mass is 9.91. The minimum atomic E-state index is 0.160. The maximum Gasteiger partial charge on any atom is 0.373 e. The van der Waals surface area contributed by atoms with Crippen molar-refractivity contribution in [2.45, 2.75) is 50.5 Å². The summed E-state index contributed by atoms with van der Waals surface area (Å²) >= 11 is 12.3. The van der Waals surface area contributed by atoms with Gasteiger partial charge in [-0.1, -0.05) is 47.5 Å². The highest BCUT2D eigenvalue weighted by Crippen LogP contribution is 2.59. The number of imidazole rings is 1. The quantitative estimate of drug-likeness (QED) is 0.260. The number of pyridine rings is 1. The van der Waals surface area contributed by atoms with Crippen molar-refractivity contribution in [2.24, 2.45) is 5.92 Å². The fourth-order valence-corrected chi connectivity index (χ4v) is 6.58. The van der Waals surface area contributed by atoms with E-state index in [1.54, 1.807) is 6.07 Å². The van der Waals surface area contributed by atoms with Gasteiger partial charge in [-0.25, -0.2) is 9.97 Å². The second-order valence-corrected chi connectivity index (χ2v) is 11.8. The van der Waals surface area contributed by atoms with Crippen LogP contribution in [0.1, 0.15) is 36.3 Å². The molecule has 0 amide bonds. The van der Waals surface area contributed by atoms with E-state index in [0.717, 1.165) is 68.2 Å². The Kier molecular flexibility index (Phi) is 8.11. The molecule has 0 radical (unpaired) electrons. The monoisotopic (exact) mass is 592 g/mol. The van der Waals surface area contributed by atoms with E-state index in [9.17, 15) is 0 Å². The summed E-state index contributed by atoms with van der Waals surface area (Å²) in [6.07, 6.45) is 3.96. The summed E-state index contributed by atoms with van der Waals surface area (Å²) in [4.78, 5) is 28.8. The third-order valence-electron chi connectivity index (χ3n) is 8.49. The molecule has 1 saturated carbocycles. The Labute approximate surface area is 248 Å². The first-order valence-corrected chi connectivity index (χ1v) is 14.6. The number of piperidine rings is 1. The van der Waals surface area contributed by atoms with Crippen LogP contribution in [-0.2, 0) is 39.4 Å². The molecule has 3 atom stereocenters. The molecule has 3 aliphatic rings. The van der Waals surface area contributed by atoms with Crippen molar-refractivity contribution in [3.05, 3.63) is 87.8 Å². The number of ether oxygens (including phenoxy) is 2. The summed E-state index contributed by atoms with van der Waals surface area (Å²) in [5.41, 5.74) is 4.48. The molecule has 2 aliphatic heterocycles. The Balaban J connectivity index is 0.000000967. The van der Waals surface area contributed by atoms with Gasteiger partial charge in [-0.3, -0.25) is 4.90 Å². The van der Waals surface area contributed by atoms with Gasteiger partial charge in [0.1, 0.15) is 12.4 Å². The molecular formula is C31H30Cl2N4O4. The molecule has 41 heavy (non-hydrogen) atoms. The Morgan fingerprint density at radius 2 is 1.90 bits per heavy atom. The first-order chi connectivity index (χ1) is 20.0. The van der Waals surface area contributed by atoms with Crippen molar-refractivity contribution in [2.75, 3.05) is 19.7 Å². The number of likely N-dealkylation sites (tertiary alicyclic amines) is 1. The zero-order chi connectivity index (χ0) is 28.4. The molecule has 3 fully saturated rings. The molecule has 8 nitrogen and oxygen atoms in total. The van der Waals surface area contributed by atoms with Gasteiger partial charge in [0.15, 0.2) is 0 Å². The average Bonchev–Trinajstić information content (AvgIpc) is 3.58. The number of hydrogen-bond donors (Lipinski definition) is 0. The molecule has 4 heterocycles. The van der Waals surface area contributed by atoms with Crippen LogP contribution in [0.25, 0.3) is 11.0 Å². The Hall–Kier alpha value is -3.26. The van der Waals surface area contributed by atoms with Gasteiger partial charge in [0.25, 0.3) is 0 Å². The molecular weight excluding hydrogens is 563 g/mol. The minimum Gasteiger partial charge on any atom is -0.473 e. The molecule has 1 aliphatic carbocycles. The number of halogens is 2. The summed E-state index contributed by atoms with van der Waals surface area (Å²) in [7, 11) is 0. The summed E-state index contributed by atoms with van der Waals surface area (Å²) in [6.45, 7) is 5.09. The Morgan fingerprint density at radius 1 is 1.07 bits per heavy atom. The second-order valence-electron chi connectivity index (χ2n) is 10.9. The second kappa shape index (κ2) is 11.9. The van der Waals surface area contributed by atoms with Crippen molar-refractivity contribution >= 4 is 40.4 Å². The van der Waals surface area contributed by atoms with E-state index in [0.29, 0.717) is 34.6 Å². The maximum absolute atomic E-state index is 8.12. The van der Waals surface area contributed by atoms with Crippen LogP contribution in [0.15, 0.2) is 60.7 Å². The van der Waals surface area contributed by atoms with Gasteiger partial charge in [-0.05, 0) is 62.1 Å². The lowest BCUT2D eigenvalue weighted by Gasteiger charge is -2.32. The molecule has 2 aromatic heterocycles. The van der Waals surface area contributed by atoms with Gasteiger partial charge in [-0.2, -0.15) is 9.59 Å². The molecule has 2 aromatic carbocycles. The normalized spacial score (nSPS) is 23.1. The van der Waals surface area contributed by atoms with Crippen LogP contribution in [0.3, 0.4) is 0 Å². The predicted octanol–water partition coefficient (Wildman–Crippen LogP) is 5.69. The van der Waals surface area contributed by atoms with Crippen molar-refractivity contribution in [3.8, 4) is 5.88 Å². The van der Waals surface area contributed by atoms with E-state index in [1.165, 1.54) is 11.9 Å². The fourth-order valence-electron chi connectivity index (χ4n) is 6.12. The van der Waals surface area contributed by atoms with Crippen molar-refractivity contribution in [1.29, 1.82) is 0 Å². The topological polar surface area (TPSA) is 86.5 Å². The van der Waals surface area contributed by atoms with Gasteiger partial charge >= 0.3 is 6.15 Å². The lowest BCUT2D eigenvalue weighted by molar-refractivity contribution is -0.191. The Bertz CT molecular complexity index is 1580. The van der Waals surface area contributed by atoms with Crippen molar-refractivity contribution < 1.29 is 19.1 Å². The van der Waals surface area contributed by atoms with Crippen LogP contribution in [-0.4, -0.2) is 51.4 Å². The third kappa shape index (κ3) is 5.89. The van der Waals surface area contributed by atoms with Gasteiger partial charge in [-0.15, -0.1) is 0 Å². The minimum absolute atomic E-state index is 0.160. The maximum atomic E-state index is 8.12. The smallest absolute Gasteiger partial charge is 0.373 e. The molecule has 0 spiro atoms. The average molecular weight is 594 g/mol. The fraction of sp³-hybridized carbons (Fsp3) is 0.387. The highest BCUT2D eigenvalue weighted by molar-refractivity contribution is 6.35. The van der Waals surface area contributed by atoms with Crippen molar-refractivity contribution in [3.63, 3.8) is 0 Å². The van der Waals surface area contributed by atoms with Crippen LogP contribution < -0.4 is 4.74 Å². The van der Waals surface area contributed by atoms with E-state index < -0.39 is 0 Å². The van der Waals surface area contributed by atoms with Crippen LogP contribution in [0.5, 0.6) is 5.88 Å². The molecule has 0 N–H and O–H groups in total. The summed E-state index contributed by atoms with van der Waals surface area (Å²) < 4.78 is 14.2. The van der Waals surface area contributed by atoms with Crippen LogP contribution in [0.4, 0.5) is 0 Å². The Morgan fingerprint density at radius 3 is 2.66 bits per heavy atom. The number of benzene rings is 2. The van der Waals surface area contributed by atoms with E-state index >= 15 is 0 Å². The van der Waals surface area contributed by atoms with Gasteiger partial charge in [0, 0.05) is 40.2 Å². The van der Waals surface area contributed by atoms with E-state index in [2.05, 4.69) is 45.9 Å². The third-order valence-corrected chi connectivity index (χ3v) is 9.07. The first-order valence-electron chi connectivity index (χ1n) is 13.8. The standard InChI is InChI=1S/C30H30Cl2N4O2.CO2/c31-22-9-8-20(24(32)14-22)19-38-29-7-3-6-27(34-29)30-11-12-35(16-21(30)15-30)18-28-33-25-4-1-2-5-26(25)36(28)17-23-10-13-37-23;2-1-3/h1-9,14,21,23H,10-13,15-19H2;/t21-,23-,30+;/m0./s1. The van der Waals surface area contributed by atoms with E-state index in [1.807, 2.05) is 18.2 Å². The van der Waals surface area contributed by atoms with Crippen LogP contribution in [0.2, 0.25) is 10.0 Å². The highest BCUT2D eigenvalue weighted by atomic mass is 35.5. The lowest BCUT2D eigenvalue weighted by Crippen LogP contribution is -2.37. The number of aromatic nitrogens is 3. The largest absolute Gasteiger partial charge is 0.473 e. The predicted molar refractivity (Wildman–Crippen MR) is 154 cm³/mol. The number of carbonyl (C=O) groups excluding carboxylic acids is 2. The number of para-hydroxylation sites is 2. The molecule has 7 rings (SSSR count). The van der Waals surface area contributed by atoms with Crippen molar-refractivity contribution in [1.82, 2.24) is 19.4 Å². The zero-order valence-corrected chi connectivity index (χ0v) is 24.0. The first kappa shape index (κ1) is 27.9. The molecule has 4 aromatic rings. The highest BCUT2D eigenvalue weighted by Gasteiger charge is 2.58. The zero-order valence-electron chi connectivity index (χ0n) is 22.5.